The molecule has 6 heteroatoms. The molecule has 0 atom stereocenters. The molecule has 6 nitrogen and oxygen atoms in total. The SMILES string of the molecule is O=C(O)N1CCC(N(CCCN2CCCCC2)Cc2cccc(O)c2)CC1. The lowest BCUT2D eigenvalue weighted by molar-refractivity contribution is 0.0876. The maximum absolute atomic E-state index is 11.2. The van der Waals surface area contributed by atoms with Gasteiger partial charge < -0.3 is 20.0 Å². The Kier molecular flexibility index (Phi) is 7.35. The number of benzene rings is 1. The van der Waals surface area contributed by atoms with Gasteiger partial charge in [-0.05, 0) is 76.0 Å². The molecule has 1 aromatic rings. The first-order valence-electron chi connectivity index (χ1n) is 10.3. The molecule has 1 amide bonds. The van der Waals surface area contributed by atoms with E-state index in [2.05, 4.69) is 15.9 Å². The highest BCUT2D eigenvalue weighted by atomic mass is 16.4. The molecule has 0 aliphatic carbocycles. The number of phenolic OH excluding ortho intramolecular Hbond substituents is 1. The van der Waals surface area contributed by atoms with Crippen LogP contribution in [0, 0.1) is 0 Å². The maximum Gasteiger partial charge on any atom is 0.407 e. The lowest BCUT2D eigenvalue weighted by atomic mass is 10.0. The third-order valence-corrected chi connectivity index (χ3v) is 5.92. The smallest absolute Gasteiger partial charge is 0.407 e. The van der Waals surface area contributed by atoms with Gasteiger partial charge in [0, 0.05) is 25.7 Å². The van der Waals surface area contributed by atoms with Crippen LogP contribution in [0.5, 0.6) is 5.75 Å². The van der Waals surface area contributed by atoms with Gasteiger partial charge in [-0.25, -0.2) is 4.79 Å². The van der Waals surface area contributed by atoms with Crippen LogP contribution < -0.4 is 0 Å². The van der Waals surface area contributed by atoms with E-state index in [1.54, 1.807) is 6.07 Å². The molecule has 2 heterocycles. The minimum Gasteiger partial charge on any atom is -0.508 e. The van der Waals surface area contributed by atoms with Gasteiger partial charge in [-0.1, -0.05) is 18.6 Å². The molecule has 0 radical (unpaired) electrons. The number of hydrogen-bond donors (Lipinski definition) is 2. The van der Waals surface area contributed by atoms with Gasteiger partial charge in [0.1, 0.15) is 5.75 Å². The van der Waals surface area contributed by atoms with E-state index in [9.17, 15) is 15.0 Å². The molecule has 2 aliphatic rings. The van der Waals surface area contributed by atoms with E-state index >= 15 is 0 Å². The third-order valence-electron chi connectivity index (χ3n) is 5.92. The van der Waals surface area contributed by atoms with Crippen LogP contribution in [0.2, 0.25) is 0 Å². The number of likely N-dealkylation sites (tertiary alicyclic amines) is 2. The van der Waals surface area contributed by atoms with Gasteiger partial charge in [0.25, 0.3) is 0 Å². The zero-order valence-corrected chi connectivity index (χ0v) is 16.2. The van der Waals surface area contributed by atoms with Crippen molar-refractivity contribution in [2.75, 3.05) is 39.3 Å². The second-order valence-corrected chi connectivity index (χ2v) is 7.90. The van der Waals surface area contributed by atoms with Crippen LogP contribution >= 0.6 is 0 Å². The van der Waals surface area contributed by atoms with E-state index in [4.69, 9.17) is 0 Å². The van der Waals surface area contributed by atoms with Crippen molar-refractivity contribution in [3.8, 4) is 5.75 Å². The first kappa shape index (κ1) is 20.0. The number of amides is 1. The molecule has 27 heavy (non-hydrogen) atoms. The van der Waals surface area contributed by atoms with E-state index in [1.807, 2.05) is 12.1 Å². The molecule has 0 unspecified atom stereocenters. The van der Waals surface area contributed by atoms with Gasteiger partial charge in [0.05, 0.1) is 0 Å². The second-order valence-electron chi connectivity index (χ2n) is 7.90. The summed E-state index contributed by atoms with van der Waals surface area (Å²) in [6.45, 7) is 6.65. The molecule has 3 rings (SSSR count). The van der Waals surface area contributed by atoms with Crippen molar-refractivity contribution >= 4 is 6.09 Å². The summed E-state index contributed by atoms with van der Waals surface area (Å²) in [4.78, 5) is 17.8. The Morgan fingerprint density at radius 3 is 2.52 bits per heavy atom. The second kappa shape index (κ2) is 9.95. The predicted octanol–water partition coefficient (Wildman–Crippen LogP) is 3.21. The first-order valence-corrected chi connectivity index (χ1v) is 10.3. The predicted molar refractivity (Wildman–Crippen MR) is 106 cm³/mol. The summed E-state index contributed by atoms with van der Waals surface area (Å²) in [6, 6.07) is 7.90. The molecule has 150 valence electrons. The Hall–Kier alpha value is -1.79. The van der Waals surface area contributed by atoms with Crippen LogP contribution in [0.15, 0.2) is 24.3 Å². The molecule has 0 saturated carbocycles. The Labute approximate surface area is 162 Å². The van der Waals surface area contributed by atoms with Crippen molar-refractivity contribution in [1.82, 2.24) is 14.7 Å². The summed E-state index contributed by atoms with van der Waals surface area (Å²) in [7, 11) is 0. The van der Waals surface area contributed by atoms with Crippen LogP contribution in [0.25, 0.3) is 0 Å². The largest absolute Gasteiger partial charge is 0.508 e. The van der Waals surface area contributed by atoms with Crippen molar-refractivity contribution < 1.29 is 15.0 Å². The van der Waals surface area contributed by atoms with Gasteiger partial charge in [0.15, 0.2) is 0 Å². The quantitative estimate of drug-likeness (QED) is 0.766. The van der Waals surface area contributed by atoms with Gasteiger partial charge in [0.2, 0.25) is 0 Å². The van der Waals surface area contributed by atoms with Crippen LogP contribution in [0.4, 0.5) is 4.79 Å². The molecular formula is C21H33N3O3. The lowest BCUT2D eigenvalue weighted by Crippen LogP contribution is -2.46. The number of aromatic hydroxyl groups is 1. The number of piperidine rings is 2. The molecule has 0 aromatic heterocycles. The molecule has 2 N–H and O–H groups in total. The molecule has 2 saturated heterocycles. The lowest BCUT2D eigenvalue weighted by Gasteiger charge is -2.38. The fraction of sp³-hybridized carbons (Fsp3) is 0.667. The van der Waals surface area contributed by atoms with Crippen LogP contribution in [-0.4, -0.2) is 76.3 Å². The molecule has 2 aliphatic heterocycles. The molecule has 0 spiro atoms. The van der Waals surface area contributed by atoms with E-state index in [1.165, 1.54) is 37.3 Å². The highest BCUT2D eigenvalue weighted by Gasteiger charge is 2.26. The van der Waals surface area contributed by atoms with Gasteiger partial charge in [-0.15, -0.1) is 0 Å². The van der Waals surface area contributed by atoms with E-state index in [0.29, 0.717) is 24.9 Å². The fourth-order valence-corrected chi connectivity index (χ4v) is 4.38. The normalized spacial score (nSPS) is 19.5. The van der Waals surface area contributed by atoms with Crippen LogP contribution in [0.3, 0.4) is 0 Å². The highest BCUT2D eigenvalue weighted by molar-refractivity contribution is 5.65. The van der Waals surface area contributed by atoms with E-state index < -0.39 is 6.09 Å². The minimum absolute atomic E-state index is 0.307. The van der Waals surface area contributed by atoms with E-state index in [0.717, 1.165) is 44.5 Å². The Morgan fingerprint density at radius 1 is 1.11 bits per heavy atom. The Balaban J connectivity index is 1.57. The van der Waals surface area contributed by atoms with Gasteiger partial charge in [-0.2, -0.15) is 0 Å². The molecular weight excluding hydrogens is 342 g/mol. The van der Waals surface area contributed by atoms with Crippen molar-refractivity contribution in [1.29, 1.82) is 0 Å². The van der Waals surface area contributed by atoms with Crippen molar-refractivity contribution in [3.63, 3.8) is 0 Å². The third kappa shape index (κ3) is 6.11. The number of phenols is 1. The Morgan fingerprint density at radius 2 is 1.85 bits per heavy atom. The summed E-state index contributed by atoms with van der Waals surface area (Å²) < 4.78 is 0. The van der Waals surface area contributed by atoms with Gasteiger partial charge >= 0.3 is 6.09 Å². The average molecular weight is 376 g/mol. The zero-order chi connectivity index (χ0) is 19.1. The van der Waals surface area contributed by atoms with Crippen molar-refractivity contribution in [2.45, 2.75) is 51.1 Å². The number of carbonyl (C=O) groups is 1. The summed E-state index contributed by atoms with van der Waals surface area (Å²) >= 11 is 0. The monoisotopic (exact) mass is 375 g/mol. The summed E-state index contributed by atoms with van der Waals surface area (Å²) in [5, 5.41) is 19.0. The maximum atomic E-state index is 11.2. The zero-order valence-electron chi connectivity index (χ0n) is 16.2. The van der Waals surface area contributed by atoms with E-state index in [-0.39, 0.29) is 0 Å². The van der Waals surface area contributed by atoms with Crippen molar-refractivity contribution in [2.24, 2.45) is 0 Å². The number of carboxylic acid groups (broad SMARTS) is 1. The molecule has 1 aromatic carbocycles. The topological polar surface area (TPSA) is 67.2 Å². The minimum atomic E-state index is -0.807. The van der Waals surface area contributed by atoms with Crippen LogP contribution in [-0.2, 0) is 6.54 Å². The highest BCUT2D eigenvalue weighted by Crippen LogP contribution is 2.21. The summed E-state index contributed by atoms with van der Waals surface area (Å²) in [5.41, 5.74) is 1.12. The summed E-state index contributed by atoms with van der Waals surface area (Å²) in [6.07, 6.45) is 6.10. The average Bonchev–Trinajstić information content (AvgIpc) is 2.68. The molecule has 2 fully saturated rings. The Bertz CT molecular complexity index is 596. The fourth-order valence-electron chi connectivity index (χ4n) is 4.38. The van der Waals surface area contributed by atoms with Crippen molar-refractivity contribution in [3.05, 3.63) is 29.8 Å². The first-order chi connectivity index (χ1) is 13.1. The standard InChI is InChI=1S/C21H33N3O3/c25-20-7-4-6-18(16-20)17-24(13-5-12-22-10-2-1-3-11-22)19-8-14-23(15-9-19)21(26)27/h4,6-7,16,19,25H,1-3,5,8-15,17H2,(H,26,27). The van der Waals surface area contributed by atoms with Gasteiger partial charge in [-0.3, -0.25) is 4.90 Å². The number of nitrogens with zero attached hydrogens (tertiary/aromatic N) is 3. The molecule has 0 bridgehead atoms. The summed E-state index contributed by atoms with van der Waals surface area (Å²) in [5.74, 6) is 0.307. The number of rotatable bonds is 7. The number of hydrogen-bond acceptors (Lipinski definition) is 4. The van der Waals surface area contributed by atoms with Crippen LogP contribution in [0.1, 0.15) is 44.1 Å².